The molecule has 0 saturated carbocycles. The van der Waals surface area contributed by atoms with E-state index in [1.807, 2.05) is 0 Å². The van der Waals surface area contributed by atoms with Crippen LogP contribution in [0.4, 0.5) is 10.2 Å². The van der Waals surface area contributed by atoms with E-state index in [0.29, 0.717) is 15.8 Å². The van der Waals surface area contributed by atoms with Crippen LogP contribution in [0, 0.1) is 5.82 Å². The number of hydrogen-bond acceptors (Lipinski definition) is 3. The van der Waals surface area contributed by atoms with Crippen molar-refractivity contribution in [3.05, 3.63) is 52.4 Å². The highest BCUT2D eigenvalue weighted by Crippen LogP contribution is 2.28. The second-order valence-electron chi connectivity index (χ2n) is 4.19. The predicted molar refractivity (Wildman–Crippen MR) is 79.4 cm³/mol. The van der Waals surface area contributed by atoms with Gasteiger partial charge >= 0.3 is 0 Å². The number of aromatic nitrogens is 1. The standard InChI is InChI=1S/C14H11Cl2FN2O2/c1-8(21-12-4-2-9(15)6-11(12)16)14(20)19-13-5-3-10(17)7-18-13/h2-8H,1H3,(H,18,19,20). The third kappa shape index (κ3) is 4.31. The third-order valence-electron chi connectivity index (χ3n) is 2.55. The number of nitrogens with zero attached hydrogens (tertiary/aromatic N) is 1. The van der Waals surface area contributed by atoms with Crippen LogP contribution in [0.3, 0.4) is 0 Å². The molecule has 1 atom stereocenters. The molecule has 0 aliphatic rings. The van der Waals surface area contributed by atoms with Gasteiger partial charge in [0.25, 0.3) is 5.91 Å². The first-order valence-electron chi connectivity index (χ1n) is 6.00. The number of nitrogens with one attached hydrogen (secondary N) is 1. The quantitative estimate of drug-likeness (QED) is 0.924. The predicted octanol–water partition coefficient (Wildman–Crippen LogP) is 3.93. The first-order chi connectivity index (χ1) is 9.95. The van der Waals surface area contributed by atoms with Crippen molar-refractivity contribution in [2.24, 2.45) is 0 Å². The molecule has 0 fully saturated rings. The van der Waals surface area contributed by atoms with Crippen LogP contribution < -0.4 is 10.1 Å². The summed E-state index contributed by atoms with van der Waals surface area (Å²) in [5, 5.41) is 3.29. The zero-order valence-electron chi connectivity index (χ0n) is 10.9. The van der Waals surface area contributed by atoms with Gasteiger partial charge in [0.15, 0.2) is 6.10 Å². The monoisotopic (exact) mass is 328 g/mol. The van der Waals surface area contributed by atoms with Crippen LogP contribution in [0.1, 0.15) is 6.92 Å². The number of ether oxygens (including phenoxy) is 1. The summed E-state index contributed by atoms with van der Waals surface area (Å²) in [6.07, 6.45) is 0.201. The van der Waals surface area contributed by atoms with Crippen LogP contribution in [0.2, 0.25) is 10.0 Å². The number of benzene rings is 1. The van der Waals surface area contributed by atoms with Crippen LogP contribution in [0.25, 0.3) is 0 Å². The van der Waals surface area contributed by atoms with Crippen LogP contribution in [0.15, 0.2) is 36.5 Å². The molecule has 0 radical (unpaired) electrons. The van der Waals surface area contributed by atoms with Crippen molar-refractivity contribution in [2.75, 3.05) is 5.32 Å². The highest BCUT2D eigenvalue weighted by Gasteiger charge is 2.17. The fraction of sp³-hybridized carbons (Fsp3) is 0.143. The average molecular weight is 329 g/mol. The number of hydrogen-bond donors (Lipinski definition) is 1. The maximum atomic E-state index is 12.7. The molecule has 0 aliphatic heterocycles. The van der Waals surface area contributed by atoms with E-state index in [9.17, 15) is 9.18 Å². The zero-order chi connectivity index (χ0) is 15.4. The summed E-state index contributed by atoms with van der Waals surface area (Å²) in [4.78, 5) is 15.7. The molecule has 2 rings (SSSR count). The molecule has 1 amide bonds. The minimum atomic E-state index is -0.810. The highest BCUT2D eigenvalue weighted by molar-refractivity contribution is 6.35. The van der Waals surface area contributed by atoms with E-state index in [2.05, 4.69) is 10.3 Å². The summed E-state index contributed by atoms with van der Waals surface area (Å²) in [6, 6.07) is 7.25. The van der Waals surface area contributed by atoms with Gasteiger partial charge in [-0.25, -0.2) is 9.37 Å². The molecule has 0 bridgehead atoms. The Morgan fingerprint density at radius 1 is 1.33 bits per heavy atom. The molecule has 21 heavy (non-hydrogen) atoms. The van der Waals surface area contributed by atoms with E-state index >= 15 is 0 Å². The fourth-order valence-corrected chi connectivity index (χ4v) is 1.95. The molecule has 0 aliphatic carbocycles. The molecule has 110 valence electrons. The van der Waals surface area contributed by atoms with Gasteiger partial charge in [-0.1, -0.05) is 23.2 Å². The number of halogens is 3. The van der Waals surface area contributed by atoms with Crippen LogP contribution in [-0.4, -0.2) is 17.0 Å². The molecular formula is C14H11Cl2FN2O2. The summed E-state index contributed by atoms with van der Waals surface area (Å²) in [6.45, 7) is 1.56. The van der Waals surface area contributed by atoms with Gasteiger partial charge in [0.05, 0.1) is 11.2 Å². The minimum Gasteiger partial charge on any atom is -0.479 e. The highest BCUT2D eigenvalue weighted by atomic mass is 35.5. The van der Waals surface area contributed by atoms with Crippen LogP contribution in [0.5, 0.6) is 5.75 Å². The smallest absolute Gasteiger partial charge is 0.266 e. The van der Waals surface area contributed by atoms with E-state index in [1.165, 1.54) is 18.2 Å². The van der Waals surface area contributed by atoms with E-state index in [1.54, 1.807) is 19.1 Å². The number of anilines is 1. The maximum Gasteiger partial charge on any atom is 0.266 e. The number of carbonyl (C=O) groups is 1. The Morgan fingerprint density at radius 3 is 2.71 bits per heavy atom. The van der Waals surface area contributed by atoms with Gasteiger partial charge in [-0.2, -0.15) is 0 Å². The lowest BCUT2D eigenvalue weighted by Crippen LogP contribution is -2.30. The van der Waals surface area contributed by atoms with Crippen molar-refractivity contribution >= 4 is 34.9 Å². The molecule has 7 heteroatoms. The summed E-state index contributed by atoms with van der Waals surface area (Å²) in [5.74, 6) is -0.333. The average Bonchev–Trinajstić information content (AvgIpc) is 2.44. The van der Waals surface area contributed by atoms with Gasteiger partial charge in [-0.3, -0.25) is 4.79 Å². The summed E-state index contributed by atoms with van der Waals surface area (Å²) < 4.78 is 18.2. The van der Waals surface area contributed by atoms with Gasteiger partial charge in [0.2, 0.25) is 0 Å². The van der Waals surface area contributed by atoms with E-state index < -0.39 is 17.8 Å². The molecular weight excluding hydrogens is 318 g/mol. The Balaban J connectivity index is 2.00. The van der Waals surface area contributed by atoms with Gasteiger partial charge in [-0.15, -0.1) is 0 Å². The minimum absolute atomic E-state index is 0.235. The third-order valence-corrected chi connectivity index (χ3v) is 3.08. The van der Waals surface area contributed by atoms with Crippen molar-refractivity contribution in [3.8, 4) is 5.75 Å². The van der Waals surface area contributed by atoms with Gasteiger partial charge < -0.3 is 10.1 Å². The Bertz CT molecular complexity index is 650. The number of carbonyl (C=O) groups excluding carboxylic acids is 1. The zero-order valence-corrected chi connectivity index (χ0v) is 12.5. The van der Waals surface area contributed by atoms with Crippen molar-refractivity contribution in [3.63, 3.8) is 0 Å². The first kappa shape index (κ1) is 15.5. The molecule has 0 spiro atoms. The lowest BCUT2D eigenvalue weighted by atomic mass is 10.3. The van der Waals surface area contributed by atoms with Crippen molar-refractivity contribution in [1.82, 2.24) is 4.98 Å². The number of amides is 1. The molecule has 1 N–H and O–H groups in total. The van der Waals surface area contributed by atoms with E-state index in [-0.39, 0.29) is 5.82 Å². The summed E-state index contributed by atoms with van der Waals surface area (Å²) in [7, 11) is 0. The lowest BCUT2D eigenvalue weighted by Gasteiger charge is -2.15. The largest absolute Gasteiger partial charge is 0.479 e. The fourth-order valence-electron chi connectivity index (χ4n) is 1.49. The second kappa shape index (κ2) is 6.74. The second-order valence-corrected chi connectivity index (χ2v) is 5.03. The van der Waals surface area contributed by atoms with E-state index in [0.717, 1.165) is 6.20 Å². The Morgan fingerprint density at radius 2 is 2.10 bits per heavy atom. The Kier molecular flexibility index (Phi) is 4.98. The maximum absolute atomic E-state index is 12.7. The Labute approximate surface area is 130 Å². The molecule has 0 saturated heterocycles. The molecule has 4 nitrogen and oxygen atoms in total. The van der Waals surface area contributed by atoms with Crippen LogP contribution >= 0.6 is 23.2 Å². The molecule has 1 heterocycles. The van der Waals surface area contributed by atoms with Crippen molar-refractivity contribution in [2.45, 2.75) is 13.0 Å². The van der Waals surface area contributed by atoms with Crippen molar-refractivity contribution in [1.29, 1.82) is 0 Å². The topological polar surface area (TPSA) is 51.2 Å². The van der Waals surface area contributed by atoms with Crippen LogP contribution in [-0.2, 0) is 4.79 Å². The summed E-state index contributed by atoms with van der Waals surface area (Å²) >= 11 is 11.7. The molecule has 2 aromatic rings. The molecule has 1 aromatic carbocycles. The summed E-state index contributed by atoms with van der Waals surface area (Å²) in [5.41, 5.74) is 0. The van der Waals surface area contributed by atoms with Gasteiger partial charge in [0.1, 0.15) is 17.4 Å². The van der Waals surface area contributed by atoms with Gasteiger partial charge in [0, 0.05) is 5.02 Å². The Hall–Kier alpha value is -1.85. The SMILES string of the molecule is CC(Oc1ccc(Cl)cc1Cl)C(=O)Nc1ccc(F)cn1. The van der Waals surface area contributed by atoms with Gasteiger partial charge in [-0.05, 0) is 37.3 Å². The normalized spacial score (nSPS) is 11.8. The molecule has 1 aromatic heterocycles. The number of rotatable bonds is 4. The van der Waals surface area contributed by atoms with Crippen molar-refractivity contribution < 1.29 is 13.9 Å². The molecule has 1 unspecified atom stereocenters. The van der Waals surface area contributed by atoms with E-state index in [4.69, 9.17) is 27.9 Å². The lowest BCUT2D eigenvalue weighted by molar-refractivity contribution is -0.122. The number of pyridine rings is 1. The first-order valence-corrected chi connectivity index (χ1v) is 6.75.